The summed E-state index contributed by atoms with van der Waals surface area (Å²) in [6.07, 6.45) is 0.986. The van der Waals surface area contributed by atoms with E-state index in [0.717, 1.165) is 9.87 Å². The van der Waals surface area contributed by atoms with Crippen molar-refractivity contribution in [3.8, 4) is 5.75 Å². The molecular formula is C32H39Cl2N3O5S. The number of nitrogens with zero attached hydrogens (tertiary/aromatic N) is 2. The fourth-order valence-electron chi connectivity index (χ4n) is 4.46. The van der Waals surface area contributed by atoms with Crippen LogP contribution in [0.25, 0.3) is 0 Å². The molecule has 0 aromatic heterocycles. The molecule has 0 radical (unpaired) electrons. The van der Waals surface area contributed by atoms with Crippen molar-refractivity contribution in [1.82, 2.24) is 10.2 Å². The Morgan fingerprint density at radius 2 is 1.51 bits per heavy atom. The fourth-order valence-corrected chi connectivity index (χ4v) is 6.39. The van der Waals surface area contributed by atoms with E-state index in [2.05, 4.69) is 5.32 Å². The number of halogens is 2. The number of sulfonamides is 1. The van der Waals surface area contributed by atoms with Gasteiger partial charge >= 0.3 is 0 Å². The Morgan fingerprint density at radius 1 is 0.907 bits per heavy atom. The average Bonchev–Trinajstić information content (AvgIpc) is 2.98. The van der Waals surface area contributed by atoms with Crippen LogP contribution in [0, 0.1) is 6.92 Å². The lowest BCUT2D eigenvalue weighted by Gasteiger charge is -2.34. The average molecular weight is 649 g/mol. The molecule has 0 unspecified atom stereocenters. The van der Waals surface area contributed by atoms with Gasteiger partial charge in [0, 0.05) is 28.2 Å². The number of hydrogen-bond acceptors (Lipinski definition) is 5. The van der Waals surface area contributed by atoms with Gasteiger partial charge < -0.3 is 15.0 Å². The third kappa shape index (κ3) is 8.65. The lowest BCUT2D eigenvalue weighted by atomic mass is 10.1. The normalized spacial score (nSPS) is 12.7. The predicted octanol–water partition coefficient (Wildman–Crippen LogP) is 6.62. The molecule has 0 heterocycles. The van der Waals surface area contributed by atoms with E-state index in [-0.39, 0.29) is 29.8 Å². The Labute approximate surface area is 265 Å². The summed E-state index contributed by atoms with van der Waals surface area (Å²) >= 11 is 13.0. The van der Waals surface area contributed by atoms with Gasteiger partial charge in [-0.25, -0.2) is 8.42 Å². The molecule has 3 aromatic carbocycles. The van der Waals surface area contributed by atoms with Gasteiger partial charge in [-0.15, -0.1) is 0 Å². The zero-order chi connectivity index (χ0) is 31.7. The van der Waals surface area contributed by atoms with Crippen molar-refractivity contribution in [3.05, 3.63) is 87.9 Å². The maximum absolute atomic E-state index is 14.2. The van der Waals surface area contributed by atoms with Crippen LogP contribution < -0.4 is 14.4 Å². The molecular weight excluding hydrogens is 609 g/mol. The molecule has 11 heteroatoms. The van der Waals surface area contributed by atoms with Gasteiger partial charge in [0.25, 0.3) is 10.0 Å². The molecule has 0 saturated carbocycles. The minimum atomic E-state index is -4.21. The highest BCUT2D eigenvalue weighted by molar-refractivity contribution is 7.92. The molecule has 0 bridgehead atoms. The molecule has 8 nitrogen and oxygen atoms in total. The van der Waals surface area contributed by atoms with Gasteiger partial charge in [-0.3, -0.25) is 13.9 Å². The number of carbonyl (C=O) groups excluding carboxylic acids is 2. The summed E-state index contributed by atoms with van der Waals surface area (Å²) < 4.78 is 34.7. The number of carbonyl (C=O) groups is 2. The van der Waals surface area contributed by atoms with Gasteiger partial charge in [0.15, 0.2) is 0 Å². The lowest BCUT2D eigenvalue weighted by Crippen LogP contribution is -2.53. The maximum atomic E-state index is 14.2. The highest BCUT2D eigenvalue weighted by Crippen LogP contribution is 2.29. The number of nitrogens with one attached hydrogen (secondary N) is 1. The summed E-state index contributed by atoms with van der Waals surface area (Å²) in [7, 11) is -4.21. The summed E-state index contributed by atoms with van der Waals surface area (Å²) in [5.74, 6) is -0.401. The van der Waals surface area contributed by atoms with Crippen LogP contribution in [0.3, 0.4) is 0 Å². The minimum absolute atomic E-state index is 0.00779. The quantitative estimate of drug-likeness (QED) is 0.212. The number of benzene rings is 3. The van der Waals surface area contributed by atoms with Crippen LogP contribution in [-0.4, -0.2) is 50.4 Å². The van der Waals surface area contributed by atoms with E-state index in [4.69, 9.17) is 27.9 Å². The Hall–Kier alpha value is -3.27. The Balaban J connectivity index is 2.09. The molecule has 2 amide bonds. The second-order valence-electron chi connectivity index (χ2n) is 10.2. The van der Waals surface area contributed by atoms with Crippen molar-refractivity contribution < 1.29 is 22.7 Å². The molecule has 43 heavy (non-hydrogen) atoms. The molecule has 0 spiro atoms. The topological polar surface area (TPSA) is 96.0 Å². The van der Waals surface area contributed by atoms with Crippen LogP contribution in [-0.2, 0) is 26.2 Å². The van der Waals surface area contributed by atoms with Gasteiger partial charge in [0.05, 0.1) is 17.2 Å². The number of rotatable bonds is 14. The van der Waals surface area contributed by atoms with Crippen LogP contribution >= 0.6 is 23.2 Å². The van der Waals surface area contributed by atoms with E-state index in [0.29, 0.717) is 40.1 Å². The second-order valence-corrected chi connectivity index (χ2v) is 12.9. The molecule has 3 rings (SSSR count). The standard InChI is InChI=1S/C32H39Cl2N3O5S/c1-6-23(5)35-32(39)30(7-2)36(20-27-28(33)10-9-11-29(27)34)31(38)21-37(24-14-12-22(4)13-15-24)43(40,41)26-18-16-25(17-19-26)42-8-3/h9-19,23,30H,6-8,20-21H2,1-5H3,(H,35,39)/t23-,30+/m1/s1. The first-order valence-corrected chi connectivity index (χ1v) is 16.5. The van der Waals surface area contributed by atoms with Crippen molar-refractivity contribution in [2.75, 3.05) is 17.5 Å². The van der Waals surface area contributed by atoms with E-state index in [1.807, 2.05) is 27.7 Å². The maximum Gasteiger partial charge on any atom is 0.264 e. The highest BCUT2D eigenvalue weighted by atomic mass is 35.5. The van der Waals surface area contributed by atoms with Crippen LogP contribution in [0.15, 0.2) is 71.6 Å². The first kappa shape index (κ1) is 34.2. The molecule has 0 aliphatic heterocycles. The SMILES string of the molecule is CCOc1ccc(S(=O)(=O)N(CC(=O)N(Cc2c(Cl)cccc2Cl)[C@@H](CC)C(=O)N[C@H](C)CC)c2ccc(C)cc2)cc1. The van der Waals surface area contributed by atoms with Crippen molar-refractivity contribution in [3.63, 3.8) is 0 Å². The monoisotopic (exact) mass is 647 g/mol. The second kappa shape index (κ2) is 15.5. The first-order valence-electron chi connectivity index (χ1n) is 14.3. The van der Waals surface area contributed by atoms with Crippen molar-refractivity contribution >= 4 is 50.7 Å². The number of aryl methyl sites for hydroxylation is 1. The largest absolute Gasteiger partial charge is 0.494 e. The minimum Gasteiger partial charge on any atom is -0.494 e. The van der Waals surface area contributed by atoms with Gasteiger partial charge in [-0.05, 0) is 82.1 Å². The summed E-state index contributed by atoms with van der Waals surface area (Å²) in [6, 6.07) is 16.9. The Kier molecular flexibility index (Phi) is 12.3. The third-order valence-electron chi connectivity index (χ3n) is 7.10. The zero-order valence-corrected chi connectivity index (χ0v) is 27.5. The van der Waals surface area contributed by atoms with E-state index >= 15 is 0 Å². The predicted molar refractivity (Wildman–Crippen MR) is 172 cm³/mol. The molecule has 1 N–H and O–H groups in total. The molecule has 0 saturated heterocycles. The highest BCUT2D eigenvalue weighted by Gasteiger charge is 2.34. The van der Waals surface area contributed by atoms with E-state index in [1.54, 1.807) is 61.5 Å². The van der Waals surface area contributed by atoms with E-state index < -0.39 is 28.5 Å². The zero-order valence-electron chi connectivity index (χ0n) is 25.1. The van der Waals surface area contributed by atoms with Gasteiger partial charge in [-0.2, -0.15) is 0 Å². The van der Waals surface area contributed by atoms with E-state index in [9.17, 15) is 18.0 Å². The van der Waals surface area contributed by atoms with Crippen molar-refractivity contribution in [2.24, 2.45) is 0 Å². The van der Waals surface area contributed by atoms with Crippen molar-refractivity contribution in [2.45, 2.75) is 71.0 Å². The molecule has 0 fully saturated rings. The Morgan fingerprint density at radius 3 is 2.05 bits per heavy atom. The van der Waals surface area contributed by atoms with Crippen molar-refractivity contribution in [1.29, 1.82) is 0 Å². The lowest BCUT2D eigenvalue weighted by molar-refractivity contribution is -0.140. The number of amides is 2. The number of ether oxygens (including phenoxy) is 1. The molecule has 0 aliphatic rings. The summed E-state index contributed by atoms with van der Waals surface area (Å²) in [5.41, 5.74) is 1.70. The van der Waals surface area contributed by atoms with Gasteiger partial charge in [0.2, 0.25) is 11.8 Å². The molecule has 0 aliphatic carbocycles. The Bertz CT molecular complexity index is 1480. The van der Waals surface area contributed by atoms with E-state index in [1.165, 1.54) is 17.0 Å². The van der Waals surface area contributed by atoms with Gasteiger partial charge in [-0.1, -0.05) is 60.8 Å². The molecule has 232 valence electrons. The van der Waals surface area contributed by atoms with Crippen LogP contribution in [0.4, 0.5) is 5.69 Å². The fraction of sp³-hybridized carbons (Fsp3) is 0.375. The molecule has 2 atom stereocenters. The summed E-state index contributed by atoms with van der Waals surface area (Å²) in [6.45, 7) is 9.13. The summed E-state index contributed by atoms with van der Waals surface area (Å²) in [5, 5.41) is 3.62. The van der Waals surface area contributed by atoms with Crippen LogP contribution in [0.2, 0.25) is 10.0 Å². The van der Waals surface area contributed by atoms with Gasteiger partial charge in [0.1, 0.15) is 18.3 Å². The number of hydrogen-bond donors (Lipinski definition) is 1. The van der Waals surface area contributed by atoms with Crippen LogP contribution in [0.5, 0.6) is 5.75 Å². The smallest absolute Gasteiger partial charge is 0.264 e. The van der Waals surface area contributed by atoms with Crippen LogP contribution in [0.1, 0.15) is 51.7 Å². The first-order chi connectivity index (χ1) is 20.4. The third-order valence-corrected chi connectivity index (χ3v) is 9.60. The molecule has 3 aromatic rings. The summed E-state index contributed by atoms with van der Waals surface area (Å²) in [4.78, 5) is 29.0. The number of anilines is 1.